The second-order valence-electron chi connectivity index (χ2n) is 8.59. The summed E-state index contributed by atoms with van der Waals surface area (Å²) in [5, 5.41) is 0. The van der Waals surface area contributed by atoms with Gasteiger partial charge in [-0.2, -0.15) is 0 Å². The van der Waals surface area contributed by atoms with Crippen LogP contribution in [-0.4, -0.2) is 12.8 Å². The standard InChI is InChI=1S/C24H29NO/c1-23(2,3)19-11-13-20(14-12-19)24(4)16-15-18(22(24)26)17-25(5)21-9-7-6-8-10-21/h6-14,17H,15-16H2,1-5H3/b18-17+. The van der Waals surface area contributed by atoms with E-state index in [0.29, 0.717) is 0 Å². The van der Waals surface area contributed by atoms with E-state index in [1.807, 2.05) is 36.3 Å². The lowest BCUT2D eigenvalue weighted by atomic mass is 9.78. The van der Waals surface area contributed by atoms with Crippen LogP contribution in [0.2, 0.25) is 0 Å². The van der Waals surface area contributed by atoms with Gasteiger partial charge in [-0.15, -0.1) is 0 Å². The summed E-state index contributed by atoms with van der Waals surface area (Å²) in [6.45, 7) is 8.73. The molecule has 26 heavy (non-hydrogen) atoms. The molecule has 2 aromatic rings. The van der Waals surface area contributed by atoms with Gasteiger partial charge in [0, 0.05) is 24.5 Å². The molecule has 0 radical (unpaired) electrons. The number of carbonyl (C=O) groups excluding carboxylic acids is 1. The summed E-state index contributed by atoms with van der Waals surface area (Å²) in [5.41, 5.74) is 4.15. The van der Waals surface area contributed by atoms with Gasteiger partial charge in [0.05, 0.1) is 5.41 Å². The Balaban J connectivity index is 1.84. The summed E-state index contributed by atoms with van der Waals surface area (Å²) in [5.74, 6) is 0.254. The Morgan fingerprint density at radius 2 is 1.62 bits per heavy atom. The first-order valence-corrected chi connectivity index (χ1v) is 9.36. The first-order chi connectivity index (χ1) is 12.2. The van der Waals surface area contributed by atoms with Crippen LogP contribution in [-0.2, 0) is 15.6 Å². The number of allylic oxidation sites excluding steroid dienone is 1. The summed E-state index contributed by atoms with van der Waals surface area (Å²) < 4.78 is 0. The highest BCUT2D eigenvalue weighted by atomic mass is 16.1. The SMILES string of the molecule is CN(/C=C1\CCC(C)(c2ccc(C(C)(C)C)cc2)C1=O)c1ccccc1. The van der Waals surface area contributed by atoms with Crippen molar-refractivity contribution in [3.05, 3.63) is 77.5 Å². The second-order valence-corrected chi connectivity index (χ2v) is 8.59. The molecule has 1 aliphatic carbocycles. The lowest BCUT2D eigenvalue weighted by Gasteiger charge is -2.25. The largest absolute Gasteiger partial charge is 0.351 e. The van der Waals surface area contributed by atoms with Crippen LogP contribution in [0.4, 0.5) is 5.69 Å². The minimum atomic E-state index is -0.417. The van der Waals surface area contributed by atoms with Gasteiger partial charge in [0.1, 0.15) is 0 Å². The van der Waals surface area contributed by atoms with Gasteiger partial charge >= 0.3 is 0 Å². The van der Waals surface area contributed by atoms with Crippen molar-refractivity contribution < 1.29 is 4.79 Å². The molecule has 0 N–H and O–H groups in total. The van der Waals surface area contributed by atoms with Crippen LogP contribution < -0.4 is 4.90 Å². The van der Waals surface area contributed by atoms with Crippen molar-refractivity contribution >= 4 is 11.5 Å². The number of hydrogen-bond donors (Lipinski definition) is 0. The Kier molecular flexibility index (Phi) is 4.79. The molecular weight excluding hydrogens is 318 g/mol. The maximum absolute atomic E-state index is 13.2. The molecule has 0 heterocycles. The van der Waals surface area contributed by atoms with E-state index in [1.165, 1.54) is 5.56 Å². The summed E-state index contributed by atoms with van der Waals surface area (Å²) >= 11 is 0. The van der Waals surface area contributed by atoms with Crippen molar-refractivity contribution in [2.24, 2.45) is 0 Å². The molecule has 1 atom stereocenters. The predicted molar refractivity (Wildman–Crippen MR) is 110 cm³/mol. The Morgan fingerprint density at radius 3 is 2.19 bits per heavy atom. The number of carbonyl (C=O) groups is 1. The van der Waals surface area contributed by atoms with Crippen LogP contribution in [0.15, 0.2) is 66.4 Å². The van der Waals surface area contributed by atoms with Crippen LogP contribution in [0.25, 0.3) is 0 Å². The average Bonchev–Trinajstić information content (AvgIpc) is 2.91. The molecule has 0 aliphatic heterocycles. The number of hydrogen-bond acceptors (Lipinski definition) is 2. The van der Waals surface area contributed by atoms with Crippen molar-refractivity contribution in [3.8, 4) is 0 Å². The van der Waals surface area contributed by atoms with E-state index >= 15 is 0 Å². The van der Waals surface area contributed by atoms with E-state index in [-0.39, 0.29) is 11.2 Å². The van der Waals surface area contributed by atoms with E-state index in [1.54, 1.807) is 0 Å². The van der Waals surface area contributed by atoms with Crippen LogP contribution in [0.1, 0.15) is 51.7 Å². The minimum Gasteiger partial charge on any atom is -0.351 e. The van der Waals surface area contributed by atoms with Gasteiger partial charge in [0.25, 0.3) is 0 Å². The average molecular weight is 348 g/mol. The molecule has 3 rings (SSSR count). The normalized spacial score (nSPS) is 22.0. The minimum absolute atomic E-state index is 0.128. The van der Waals surface area contributed by atoms with E-state index < -0.39 is 5.41 Å². The molecule has 0 amide bonds. The zero-order valence-corrected chi connectivity index (χ0v) is 16.5. The quantitative estimate of drug-likeness (QED) is 0.671. The van der Waals surface area contributed by atoms with Crippen LogP contribution >= 0.6 is 0 Å². The molecule has 1 aliphatic rings. The van der Waals surface area contributed by atoms with Gasteiger partial charge < -0.3 is 4.90 Å². The Labute approximate surface area is 157 Å². The van der Waals surface area contributed by atoms with Crippen molar-refractivity contribution in [2.45, 2.75) is 51.4 Å². The Morgan fingerprint density at radius 1 is 1.00 bits per heavy atom. The summed E-state index contributed by atoms with van der Waals surface area (Å²) in [7, 11) is 2.00. The highest BCUT2D eigenvalue weighted by molar-refractivity contribution is 6.05. The maximum Gasteiger partial charge on any atom is 0.170 e. The second kappa shape index (κ2) is 6.75. The summed E-state index contributed by atoms with van der Waals surface area (Å²) in [6.07, 6.45) is 3.70. The number of Topliss-reactive ketones (excluding diaryl/α,β-unsaturated/α-hetero) is 1. The van der Waals surface area contributed by atoms with Gasteiger partial charge in [-0.05, 0) is 48.4 Å². The smallest absolute Gasteiger partial charge is 0.170 e. The first-order valence-electron chi connectivity index (χ1n) is 9.36. The third-order valence-corrected chi connectivity index (χ3v) is 5.59. The monoisotopic (exact) mass is 347 g/mol. The molecular formula is C24H29NO. The Bertz CT molecular complexity index is 812. The number of nitrogens with zero attached hydrogens (tertiary/aromatic N) is 1. The molecule has 2 aromatic carbocycles. The number of ketones is 1. The molecule has 2 heteroatoms. The maximum atomic E-state index is 13.2. The molecule has 0 bridgehead atoms. The Hall–Kier alpha value is -2.35. The zero-order chi connectivity index (χ0) is 18.9. The van der Waals surface area contributed by atoms with E-state index in [9.17, 15) is 4.79 Å². The summed E-state index contributed by atoms with van der Waals surface area (Å²) in [4.78, 5) is 15.2. The van der Waals surface area contributed by atoms with E-state index in [0.717, 1.165) is 29.7 Å². The van der Waals surface area contributed by atoms with Crippen LogP contribution in [0.5, 0.6) is 0 Å². The van der Waals surface area contributed by atoms with Gasteiger partial charge in [0.15, 0.2) is 5.78 Å². The van der Waals surface area contributed by atoms with Crippen molar-refractivity contribution in [1.82, 2.24) is 0 Å². The molecule has 0 saturated heterocycles. The topological polar surface area (TPSA) is 20.3 Å². The fourth-order valence-corrected chi connectivity index (χ4v) is 3.67. The van der Waals surface area contributed by atoms with E-state index in [2.05, 4.69) is 64.1 Å². The molecule has 1 fully saturated rings. The predicted octanol–water partition coefficient (Wildman–Crippen LogP) is 5.63. The van der Waals surface area contributed by atoms with Crippen LogP contribution in [0, 0.1) is 0 Å². The molecule has 0 spiro atoms. The molecule has 1 unspecified atom stereocenters. The number of rotatable bonds is 3. The molecule has 136 valence electrons. The number of anilines is 1. The first kappa shape index (κ1) is 18.4. The third kappa shape index (κ3) is 3.46. The van der Waals surface area contributed by atoms with Gasteiger partial charge in [-0.25, -0.2) is 0 Å². The van der Waals surface area contributed by atoms with Crippen molar-refractivity contribution in [1.29, 1.82) is 0 Å². The van der Waals surface area contributed by atoms with Gasteiger partial charge in [-0.3, -0.25) is 4.79 Å². The van der Waals surface area contributed by atoms with Crippen molar-refractivity contribution in [3.63, 3.8) is 0 Å². The lowest BCUT2D eigenvalue weighted by Crippen LogP contribution is -2.28. The fraction of sp³-hybridized carbons (Fsp3) is 0.375. The van der Waals surface area contributed by atoms with Gasteiger partial charge in [0.2, 0.25) is 0 Å². The highest BCUT2D eigenvalue weighted by Gasteiger charge is 2.42. The molecule has 2 nitrogen and oxygen atoms in total. The number of para-hydroxylation sites is 1. The van der Waals surface area contributed by atoms with Gasteiger partial charge in [-0.1, -0.05) is 63.2 Å². The lowest BCUT2D eigenvalue weighted by molar-refractivity contribution is -0.118. The van der Waals surface area contributed by atoms with Crippen molar-refractivity contribution in [2.75, 3.05) is 11.9 Å². The zero-order valence-electron chi connectivity index (χ0n) is 16.5. The number of benzene rings is 2. The summed E-state index contributed by atoms with van der Waals surface area (Å²) in [6, 6.07) is 18.8. The fourth-order valence-electron chi connectivity index (χ4n) is 3.67. The third-order valence-electron chi connectivity index (χ3n) is 5.59. The molecule has 0 aromatic heterocycles. The van der Waals surface area contributed by atoms with Crippen LogP contribution in [0.3, 0.4) is 0 Å². The highest BCUT2D eigenvalue weighted by Crippen LogP contribution is 2.41. The van der Waals surface area contributed by atoms with E-state index in [4.69, 9.17) is 0 Å². The molecule has 1 saturated carbocycles.